The van der Waals surface area contributed by atoms with Crippen LogP contribution in [0, 0.1) is 12.8 Å². The summed E-state index contributed by atoms with van der Waals surface area (Å²) in [7, 11) is 0. The molecule has 0 saturated carbocycles. The van der Waals surface area contributed by atoms with Gasteiger partial charge in [0.1, 0.15) is 10.7 Å². The maximum absolute atomic E-state index is 12.2. The first-order chi connectivity index (χ1) is 11.8. The molecule has 25 heavy (non-hydrogen) atoms. The van der Waals surface area contributed by atoms with Crippen molar-refractivity contribution in [2.24, 2.45) is 5.92 Å². The van der Waals surface area contributed by atoms with E-state index in [1.807, 2.05) is 13.8 Å². The van der Waals surface area contributed by atoms with Gasteiger partial charge < -0.3 is 10.1 Å². The predicted octanol–water partition coefficient (Wildman–Crippen LogP) is 3.34. The highest BCUT2D eigenvalue weighted by atomic mass is 35.5. The van der Waals surface area contributed by atoms with Gasteiger partial charge in [-0.05, 0) is 25.0 Å². The smallest absolute Gasteiger partial charge is 0.343 e. The Balaban J connectivity index is 1.99. The number of halogens is 2. The molecular weight excluding hydrogens is 367 g/mol. The highest BCUT2D eigenvalue weighted by Gasteiger charge is 2.22. The molecule has 0 aliphatic rings. The monoisotopic (exact) mass is 384 g/mol. The Morgan fingerprint density at radius 3 is 2.72 bits per heavy atom. The number of amides is 1. The second-order valence-corrected chi connectivity index (χ2v) is 6.51. The second kappa shape index (κ2) is 8.31. The third-order valence-electron chi connectivity index (χ3n) is 3.18. The Bertz CT molecular complexity index is 790. The van der Waals surface area contributed by atoms with Gasteiger partial charge in [-0.15, -0.1) is 0 Å². The lowest BCUT2D eigenvalue weighted by atomic mass is 10.2. The molecule has 0 saturated heterocycles. The molecule has 0 aliphatic heterocycles. The first-order valence-electron chi connectivity index (χ1n) is 7.60. The van der Waals surface area contributed by atoms with Crippen molar-refractivity contribution in [2.75, 3.05) is 11.9 Å². The first kappa shape index (κ1) is 19.2. The third-order valence-corrected chi connectivity index (χ3v) is 3.86. The molecule has 0 fully saturated rings. The van der Waals surface area contributed by atoms with Crippen molar-refractivity contribution < 1.29 is 14.3 Å². The molecule has 0 atom stereocenters. The van der Waals surface area contributed by atoms with Crippen LogP contribution in [0.5, 0.6) is 0 Å². The van der Waals surface area contributed by atoms with Gasteiger partial charge >= 0.3 is 5.97 Å². The lowest BCUT2D eigenvalue weighted by Crippen LogP contribution is -2.21. The topological polar surface area (TPSA) is 86.1 Å². The van der Waals surface area contributed by atoms with Gasteiger partial charge in [0.15, 0.2) is 11.8 Å². The summed E-state index contributed by atoms with van der Waals surface area (Å²) < 4.78 is 6.58. The van der Waals surface area contributed by atoms with Crippen LogP contribution in [0.25, 0.3) is 0 Å². The summed E-state index contributed by atoms with van der Waals surface area (Å²) in [6, 6.07) is 3.21. The zero-order valence-corrected chi connectivity index (χ0v) is 15.6. The van der Waals surface area contributed by atoms with Crippen molar-refractivity contribution in [3.63, 3.8) is 0 Å². The number of hydrogen-bond acceptors (Lipinski definition) is 5. The fourth-order valence-corrected chi connectivity index (χ4v) is 2.61. The quantitative estimate of drug-likeness (QED) is 0.609. The first-order valence-corrected chi connectivity index (χ1v) is 8.35. The molecule has 2 aromatic rings. The molecule has 9 heteroatoms. The summed E-state index contributed by atoms with van der Waals surface area (Å²) in [4.78, 5) is 28.0. The van der Waals surface area contributed by atoms with Crippen LogP contribution in [-0.4, -0.2) is 33.2 Å². The molecule has 0 spiro atoms. The van der Waals surface area contributed by atoms with Gasteiger partial charge in [0.25, 0.3) is 5.91 Å². The van der Waals surface area contributed by atoms with E-state index in [2.05, 4.69) is 15.4 Å². The van der Waals surface area contributed by atoms with E-state index in [0.717, 1.165) is 0 Å². The number of hydrogen-bond donors (Lipinski definition) is 1. The Morgan fingerprint density at radius 1 is 1.36 bits per heavy atom. The average Bonchev–Trinajstić information content (AvgIpc) is 2.81. The number of anilines is 1. The number of rotatable bonds is 6. The van der Waals surface area contributed by atoms with Gasteiger partial charge in [0, 0.05) is 12.7 Å². The molecular formula is C16H18Cl2N4O3. The highest BCUT2D eigenvalue weighted by molar-refractivity contribution is 6.33. The number of nitrogens with zero attached hydrogens (tertiary/aromatic N) is 3. The van der Waals surface area contributed by atoms with E-state index in [9.17, 15) is 9.59 Å². The number of carbonyl (C=O) groups is 2. The van der Waals surface area contributed by atoms with Crippen molar-refractivity contribution in [1.29, 1.82) is 0 Å². The maximum atomic E-state index is 12.2. The molecule has 0 aliphatic carbocycles. The molecule has 0 bridgehead atoms. The van der Waals surface area contributed by atoms with Gasteiger partial charge in [-0.25, -0.2) is 9.78 Å². The largest absolute Gasteiger partial charge is 0.452 e. The average molecular weight is 385 g/mol. The minimum atomic E-state index is -0.704. The molecule has 0 aromatic carbocycles. The Morgan fingerprint density at radius 2 is 2.08 bits per heavy atom. The Hall–Kier alpha value is -2.12. The zero-order chi connectivity index (χ0) is 18.6. The minimum absolute atomic E-state index is 0.149. The van der Waals surface area contributed by atoms with E-state index >= 15 is 0 Å². The van der Waals surface area contributed by atoms with Gasteiger partial charge in [-0.1, -0.05) is 37.0 Å². The summed E-state index contributed by atoms with van der Waals surface area (Å²) in [5.74, 6) is -0.924. The second-order valence-electron chi connectivity index (χ2n) is 5.79. The summed E-state index contributed by atoms with van der Waals surface area (Å²) in [5, 5.41) is 7.10. The van der Waals surface area contributed by atoms with E-state index < -0.39 is 18.5 Å². The van der Waals surface area contributed by atoms with Gasteiger partial charge in [0.2, 0.25) is 0 Å². The van der Waals surface area contributed by atoms with Gasteiger partial charge in [-0.3, -0.25) is 9.48 Å². The van der Waals surface area contributed by atoms with Crippen molar-refractivity contribution in [1.82, 2.24) is 14.8 Å². The van der Waals surface area contributed by atoms with Gasteiger partial charge in [-0.2, -0.15) is 5.10 Å². The SMILES string of the molecule is Cc1nn(CC(C)C)c(Cl)c1C(=O)OCC(=O)Nc1cccnc1Cl. The van der Waals surface area contributed by atoms with E-state index in [1.165, 1.54) is 6.20 Å². The van der Waals surface area contributed by atoms with Crippen LogP contribution in [0.2, 0.25) is 10.3 Å². The zero-order valence-electron chi connectivity index (χ0n) is 14.0. The molecule has 1 amide bonds. The van der Waals surface area contributed by atoms with Gasteiger partial charge in [0.05, 0.1) is 11.4 Å². The number of esters is 1. The lowest BCUT2D eigenvalue weighted by molar-refractivity contribution is -0.119. The number of aryl methyl sites for hydroxylation is 1. The normalized spacial score (nSPS) is 10.8. The van der Waals surface area contributed by atoms with E-state index in [0.29, 0.717) is 23.8 Å². The minimum Gasteiger partial charge on any atom is -0.452 e. The lowest BCUT2D eigenvalue weighted by Gasteiger charge is -2.08. The van der Waals surface area contributed by atoms with Crippen LogP contribution in [0.15, 0.2) is 18.3 Å². The number of pyridine rings is 1. The van der Waals surface area contributed by atoms with Crippen molar-refractivity contribution in [2.45, 2.75) is 27.3 Å². The van der Waals surface area contributed by atoms with Crippen LogP contribution in [0.4, 0.5) is 5.69 Å². The number of aromatic nitrogens is 3. The highest BCUT2D eigenvalue weighted by Crippen LogP contribution is 2.22. The summed E-state index contributed by atoms with van der Waals surface area (Å²) in [6.07, 6.45) is 1.50. The van der Waals surface area contributed by atoms with Crippen molar-refractivity contribution in [3.8, 4) is 0 Å². The van der Waals surface area contributed by atoms with Crippen LogP contribution in [0.1, 0.15) is 29.9 Å². The van der Waals surface area contributed by atoms with Crippen molar-refractivity contribution >= 4 is 40.8 Å². The van der Waals surface area contributed by atoms with E-state index in [4.69, 9.17) is 27.9 Å². The van der Waals surface area contributed by atoms with Crippen LogP contribution >= 0.6 is 23.2 Å². The molecule has 0 unspecified atom stereocenters. The molecule has 1 N–H and O–H groups in total. The van der Waals surface area contributed by atoms with Crippen LogP contribution in [0.3, 0.4) is 0 Å². The molecule has 2 rings (SSSR count). The maximum Gasteiger partial charge on any atom is 0.343 e. The number of carbonyl (C=O) groups excluding carboxylic acids is 2. The standard InChI is InChI=1S/C16H18Cl2N4O3/c1-9(2)7-22-15(18)13(10(3)21-22)16(24)25-8-12(23)20-11-5-4-6-19-14(11)17/h4-6,9H,7-8H2,1-3H3,(H,20,23). The fraction of sp³-hybridized carbons (Fsp3) is 0.375. The molecule has 2 aromatic heterocycles. The van der Waals surface area contributed by atoms with Crippen molar-refractivity contribution in [3.05, 3.63) is 39.9 Å². The third kappa shape index (κ3) is 4.93. The van der Waals surface area contributed by atoms with Crippen LogP contribution < -0.4 is 5.32 Å². The molecule has 7 nitrogen and oxygen atoms in total. The molecule has 134 valence electrons. The Kier molecular flexibility index (Phi) is 6.39. The number of nitrogens with one attached hydrogen (secondary N) is 1. The van der Waals surface area contributed by atoms with E-state index in [-0.39, 0.29) is 15.9 Å². The molecule has 0 radical (unpaired) electrons. The summed E-state index contributed by atoms with van der Waals surface area (Å²) in [6.45, 7) is 5.79. The van der Waals surface area contributed by atoms with E-state index in [1.54, 1.807) is 23.7 Å². The number of ether oxygens (including phenoxy) is 1. The molecule has 2 heterocycles. The summed E-state index contributed by atoms with van der Waals surface area (Å²) in [5.41, 5.74) is 0.949. The predicted molar refractivity (Wildman–Crippen MR) is 95.0 cm³/mol. The Labute approximate surface area is 155 Å². The van der Waals surface area contributed by atoms with Crippen LogP contribution in [-0.2, 0) is 16.1 Å². The fourth-order valence-electron chi connectivity index (χ4n) is 2.12. The summed E-state index contributed by atoms with van der Waals surface area (Å²) >= 11 is 12.1.